The Morgan fingerprint density at radius 1 is 1.18 bits per heavy atom. The molecule has 2 aromatic rings. The molecular formula is C12H10F2N2S. The van der Waals surface area contributed by atoms with Crippen molar-refractivity contribution in [3.05, 3.63) is 48.2 Å². The Hall–Kier alpha value is -1.62. The van der Waals surface area contributed by atoms with Crippen LogP contribution in [0.25, 0.3) is 0 Å². The summed E-state index contributed by atoms with van der Waals surface area (Å²) in [5, 5.41) is 2.89. The summed E-state index contributed by atoms with van der Waals surface area (Å²) in [6, 6.07) is 6.92. The standard InChI is InChI=1S/C12H10F2N2S/c1-15-12-7-9(4-5-16-12)17-11-6-8(13)2-3-10(11)14/h2-7H,1H3,(H,15,16). The zero-order chi connectivity index (χ0) is 12.3. The minimum Gasteiger partial charge on any atom is -0.373 e. The monoisotopic (exact) mass is 252 g/mol. The van der Waals surface area contributed by atoms with Crippen molar-refractivity contribution < 1.29 is 8.78 Å². The molecular weight excluding hydrogens is 242 g/mol. The molecule has 0 fully saturated rings. The van der Waals surface area contributed by atoms with E-state index in [4.69, 9.17) is 0 Å². The molecule has 2 rings (SSSR count). The largest absolute Gasteiger partial charge is 0.373 e. The molecule has 0 aliphatic rings. The first-order valence-electron chi connectivity index (χ1n) is 4.96. The van der Waals surface area contributed by atoms with E-state index in [1.165, 1.54) is 6.07 Å². The van der Waals surface area contributed by atoms with E-state index >= 15 is 0 Å². The number of hydrogen-bond donors (Lipinski definition) is 1. The predicted molar refractivity (Wildman–Crippen MR) is 64.3 cm³/mol. The van der Waals surface area contributed by atoms with Gasteiger partial charge in [-0.25, -0.2) is 13.8 Å². The van der Waals surface area contributed by atoms with Crippen LogP contribution in [0.1, 0.15) is 0 Å². The highest BCUT2D eigenvalue weighted by Gasteiger charge is 2.06. The minimum atomic E-state index is -0.447. The van der Waals surface area contributed by atoms with E-state index in [-0.39, 0.29) is 4.90 Å². The van der Waals surface area contributed by atoms with E-state index in [0.717, 1.165) is 28.8 Å². The van der Waals surface area contributed by atoms with Crippen molar-refractivity contribution >= 4 is 17.6 Å². The van der Waals surface area contributed by atoms with Crippen LogP contribution in [0.5, 0.6) is 0 Å². The highest BCUT2D eigenvalue weighted by atomic mass is 32.2. The third-order valence-electron chi connectivity index (χ3n) is 2.11. The van der Waals surface area contributed by atoms with Gasteiger partial charge in [0, 0.05) is 18.1 Å². The molecule has 0 saturated heterocycles. The van der Waals surface area contributed by atoms with Crippen LogP contribution in [0.2, 0.25) is 0 Å². The van der Waals surface area contributed by atoms with Crippen molar-refractivity contribution in [1.29, 1.82) is 0 Å². The number of halogens is 2. The molecule has 1 heterocycles. The number of rotatable bonds is 3. The molecule has 0 bridgehead atoms. The fraction of sp³-hybridized carbons (Fsp3) is 0.0833. The fourth-order valence-corrected chi connectivity index (χ4v) is 2.18. The van der Waals surface area contributed by atoms with Gasteiger partial charge in [-0.3, -0.25) is 0 Å². The molecule has 0 saturated carbocycles. The maximum Gasteiger partial charge on any atom is 0.137 e. The van der Waals surface area contributed by atoms with E-state index in [0.29, 0.717) is 5.82 Å². The van der Waals surface area contributed by atoms with Crippen molar-refractivity contribution in [3.63, 3.8) is 0 Å². The smallest absolute Gasteiger partial charge is 0.137 e. The molecule has 0 amide bonds. The molecule has 1 N–H and O–H groups in total. The first-order chi connectivity index (χ1) is 8.19. The zero-order valence-corrected chi connectivity index (χ0v) is 9.89. The average Bonchev–Trinajstić information content (AvgIpc) is 2.34. The molecule has 1 aromatic heterocycles. The summed E-state index contributed by atoms with van der Waals surface area (Å²) in [4.78, 5) is 5.11. The predicted octanol–water partition coefficient (Wildman–Crippen LogP) is 3.55. The lowest BCUT2D eigenvalue weighted by Gasteiger charge is -2.05. The lowest BCUT2D eigenvalue weighted by atomic mass is 10.3. The molecule has 0 aliphatic heterocycles. The zero-order valence-electron chi connectivity index (χ0n) is 9.08. The Morgan fingerprint density at radius 3 is 2.76 bits per heavy atom. The normalized spacial score (nSPS) is 10.3. The number of benzene rings is 1. The summed E-state index contributed by atoms with van der Waals surface area (Å²) in [5.41, 5.74) is 0. The van der Waals surface area contributed by atoms with Crippen LogP contribution in [-0.4, -0.2) is 12.0 Å². The van der Waals surface area contributed by atoms with Gasteiger partial charge in [-0.2, -0.15) is 0 Å². The number of hydrogen-bond acceptors (Lipinski definition) is 3. The molecule has 1 aromatic carbocycles. The van der Waals surface area contributed by atoms with E-state index in [1.807, 2.05) is 0 Å². The molecule has 5 heteroatoms. The number of aromatic nitrogens is 1. The lowest BCUT2D eigenvalue weighted by Crippen LogP contribution is -1.91. The lowest BCUT2D eigenvalue weighted by molar-refractivity contribution is 0.577. The molecule has 88 valence electrons. The van der Waals surface area contributed by atoms with E-state index in [9.17, 15) is 8.78 Å². The van der Waals surface area contributed by atoms with Crippen molar-refractivity contribution in [3.8, 4) is 0 Å². The van der Waals surface area contributed by atoms with E-state index in [2.05, 4.69) is 10.3 Å². The Bertz CT molecular complexity index is 532. The highest BCUT2D eigenvalue weighted by molar-refractivity contribution is 7.99. The second-order valence-electron chi connectivity index (χ2n) is 3.30. The van der Waals surface area contributed by atoms with Crippen LogP contribution in [0, 0.1) is 11.6 Å². The minimum absolute atomic E-state index is 0.262. The van der Waals surface area contributed by atoms with Crippen molar-refractivity contribution in [2.75, 3.05) is 12.4 Å². The van der Waals surface area contributed by atoms with Crippen LogP contribution in [0.3, 0.4) is 0 Å². The van der Waals surface area contributed by atoms with Crippen LogP contribution in [0.4, 0.5) is 14.6 Å². The molecule has 0 atom stereocenters. The van der Waals surface area contributed by atoms with Crippen LogP contribution >= 0.6 is 11.8 Å². The summed E-state index contributed by atoms with van der Waals surface area (Å²) in [6.07, 6.45) is 1.62. The third-order valence-corrected chi connectivity index (χ3v) is 3.13. The maximum absolute atomic E-state index is 13.4. The van der Waals surface area contributed by atoms with Gasteiger partial charge in [0.2, 0.25) is 0 Å². The Kier molecular flexibility index (Phi) is 3.58. The Morgan fingerprint density at radius 2 is 2.00 bits per heavy atom. The van der Waals surface area contributed by atoms with Gasteiger partial charge >= 0.3 is 0 Å². The van der Waals surface area contributed by atoms with Crippen molar-refractivity contribution in [2.45, 2.75) is 9.79 Å². The third kappa shape index (κ3) is 2.94. The van der Waals surface area contributed by atoms with Gasteiger partial charge in [-0.1, -0.05) is 11.8 Å². The van der Waals surface area contributed by atoms with Crippen molar-refractivity contribution in [1.82, 2.24) is 4.98 Å². The molecule has 17 heavy (non-hydrogen) atoms. The molecule has 0 spiro atoms. The van der Waals surface area contributed by atoms with Gasteiger partial charge in [0.1, 0.15) is 17.5 Å². The highest BCUT2D eigenvalue weighted by Crippen LogP contribution is 2.30. The molecule has 0 aliphatic carbocycles. The first-order valence-corrected chi connectivity index (χ1v) is 5.77. The summed E-state index contributed by atoms with van der Waals surface area (Å²) in [7, 11) is 1.75. The number of nitrogens with one attached hydrogen (secondary N) is 1. The van der Waals surface area contributed by atoms with Gasteiger partial charge in [-0.05, 0) is 30.3 Å². The Labute approximate surface area is 102 Å². The van der Waals surface area contributed by atoms with Gasteiger partial charge in [0.05, 0.1) is 4.90 Å². The average molecular weight is 252 g/mol. The summed E-state index contributed by atoms with van der Waals surface area (Å²) < 4.78 is 26.4. The molecule has 0 radical (unpaired) electrons. The van der Waals surface area contributed by atoms with Gasteiger partial charge in [0.25, 0.3) is 0 Å². The molecule has 2 nitrogen and oxygen atoms in total. The second-order valence-corrected chi connectivity index (χ2v) is 4.42. The Balaban J connectivity index is 2.27. The van der Waals surface area contributed by atoms with E-state index in [1.54, 1.807) is 25.4 Å². The van der Waals surface area contributed by atoms with Gasteiger partial charge < -0.3 is 5.32 Å². The summed E-state index contributed by atoms with van der Waals surface area (Å²) in [5.74, 6) is -0.192. The quantitative estimate of drug-likeness (QED) is 0.904. The van der Waals surface area contributed by atoms with Crippen LogP contribution in [-0.2, 0) is 0 Å². The van der Waals surface area contributed by atoms with Gasteiger partial charge in [0.15, 0.2) is 0 Å². The van der Waals surface area contributed by atoms with Gasteiger partial charge in [-0.15, -0.1) is 0 Å². The number of nitrogens with zero attached hydrogens (tertiary/aromatic N) is 1. The van der Waals surface area contributed by atoms with Crippen LogP contribution in [0.15, 0.2) is 46.3 Å². The molecule has 0 unspecified atom stereocenters. The number of pyridine rings is 1. The SMILES string of the molecule is CNc1cc(Sc2cc(F)ccc2F)ccn1. The topological polar surface area (TPSA) is 24.9 Å². The first kappa shape index (κ1) is 11.9. The van der Waals surface area contributed by atoms with Crippen LogP contribution < -0.4 is 5.32 Å². The van der Waals surface area contributed by atoms with Crippen molar-refractivity contribution in [2.24, 2.45) is 0 Å². The fourth-order valence-electron chi connectivity index (χ4n) is 1.29. The maximum atomic E-state index is 13.4. The van der Waals surface area contributed by atoms with E-state index < -0.39 is 11.6 Å². The number of anilines is 1. The summed E-state index contributed by atoms with van der Waals surface area (Å²) >= 11 is 1.16. The summed E-state index contributed by atoms with van der Waals surface area (Å²) in [6.45, 7) is 0. The second kappa shape index (κ2) is 5.14.